The first-order chi connectivity index (χ1) is 13.5. The molecule has 1 aliphatic carbocycles. The Morgan fingerprint density at radius 2 is 1.57 bits per heavy atom. The van der Waals surface area contributed by atoms with E-state index >= 15 is 0 Å². The molecule has 2 aromatic rings. The van der Waals surface area contributed by atoms with Crippen molar-refractivity contribution in [3.8, 4) is 11.5 Å². The highest BCUT2D eigenvalue weighted by atomic mass is 16.5. The van der Waals surface area contributed by atoms with Crippen LogP contribution in [0.2, 0.25) is 0 Å². The average Bonchev–Trinajstić information content (AvgIpc) is 2.71. The number of methoxy groups -OCH3 is 2. The van der Waals surface area contributed by atoms with E-state index in [2.05, 4.69) is 5.32 Å². The van der Waals surface area contributed by atoms with Crippen LogP contribution in [0.25, 0.3) is 5.70 Å². The summed E-state index contributed by atoms with van der Waals surface area (Å²) in [6.45, 7) is 0.857. The third-order valence-corrected chi connectivity index (χ3v) is 4.61. The van der Waals surface area contributed by atoms with Crippen molar-refractivity contribution in [3.63, 3.8) is 0 Å². The minimum atomic E-state index is -0.456. The lowest BCUT2D eigenvalue weighted by molar-refractivity contribution is -0.112. The van der Waals surface area contributed by atoms with Crippen LogP contribution in [-0.2, 0) is 11.3 Å². The van der Waals surface area contributed by atoms with E-state index in [1.54, 1.807) is 26.4 Å². The molecular formula is C22H24N2O4. The standard InChI is InChI=1S/C22H24N2O4/c1-24(2)13-17-20(15-7-5-6-8-16(15)21(25)22(17)26)23-12-14-9-10-18(27-3)19(11-14)28-4/h5-11,23H,12-13H2,1-4H3. The highest BCUT2D eigenvalue weighted by molar-refractivity contribution is 6.52. The molecular weight excluding hydrogens is 356 g/mol. The number of nitrogens with one attached hydrogen (secondary N) is 1. The monoisotopic (exact) mass is 380 g/mol. The van der Waals surface area contributed by atoms with Crippen molar-refractivity contribution in [2.24, 2.45) is 0 Å². The van der Waals surface area contributed by atoms with Crippen LogP contribution in [0.4, 0.5) is 0 Å². The van der Waals surface area contributed by atoms with Gasteiger partial charge in [0.15, 0.2) is 11.5 Å². The lowest BCUT2D eigenvalue weighted by Gasteiger charge is -2.24. The molecule has 0 amide bonds. The zero-order valence-corrected chi connectivity index (χ0v) is 16.5. The molecule has 0 radical (unpaired) electrons. The van der Waals surface area contributed by atoms with Gasteiger partial charge in [-0.25, -0.2) is 0 Å². The van der Waals surface area contributed by atoms with Crippen molar-refractivity contribution in [1.82, 2.24) is 10.2 Å². The van der Waals surface area contributed by atoms with Crippen LogP contribution >= 0.6 is 0 Å². The van der Waals surface area contributed by atoms with E-state index in [9.17, 15) is 9.59 Å². The van der Waals surface area contributed by atoms with E-state index in [1.165, 1.54) is 0 Å². The van der Waals surface area contributed by atoms with E-state index in [1.807, 2.05) is 49.3 Å². The summed E-state index contributed by atoms with van der Waals surface area (Å²) in [6, 6.07) is 12.9. The molecule has 6 heteroatoms. The van der Waals surface area contributed by atoms with Gasteiger partial charge in [-0.15, -0.1) is 0 Å². The highest BCUT2D eigenvalue weighted by Crippen LogP contribution is 2.30. The third kappa shape index (κ3) is 3.77. The van der Waals surface area contributed by atoms with Crippen LogP contribution in [0.3, 0.4) is 0 Å². The Kier molecular flexibility index (Phi) is 5.80. The Bertz CT molecular complexity index is 947. The van der Waals surface area contributed by atoms with Crippen LogP contribution in [0.5, 0.6) is 11.5 Å². The Morgan fingerprint density at radius 1 is 0.893 bits per heavy atom. The predicted octanol–water partition coefficient (Wildman–Crippen LogP) is 2.53. The largest absolute Gasteiger partial charge is 0.493 e. The molecule has 0 fully saturated rings. The van der Waals surface area contributed by atoms with Gasteiger partial charge >= 0.3 is 0 Å². The maximum atomic E-state index is 12.7. The number of rotatable bonds is 7. The molecule has 6 nitrogen and oxygen atoms in total. The van der Waals surface area contributed by atoms with E-state index < -0.39 is 11.6 Å². The van der Waals surface area contributed by atoms with Crippen LogP contribution in [0.1, 0.15) is 21.5 Å². The Labute approximate surface area is 164 Å². The van der Waals surface area contributed by atoms with Gasteiger partial charge in [0.05, 0.1) is 19.9 Å². The summed E-state index contributed by atoms with van der Waals surface area (Å²) >= 11 is 0. The number of ketones is 2. The molecule has 1 N–H and O–H groups in total. The lowest BCUT2D eigenvalue weighted by Crippen LogP contribution is -2.33. The average molecular weight is 380 g/mol. The van der Waals surface area contributed by atoms with E-state index in [0.717, 1.165) is 11.1 Å². The number of nitrogens with zero attached hydrogens (tertiary/aromatic N) is 1. The van der Waals surface area contributed by atoms with Gasteiger partial charge in [0.2, 0.25) is 11.6 Å². The summed E-state index contributed by atoms with van der Waals surface area (Å²) in [4.78, 5) is 27.1. The maximum Gasteiger partial charge on any atom is 0.233 e. The lowest BCUT2D eigenvalue weighted by atomic mass is 9.87. The Morgan fingerprint density at radius 3 is 2.21 bits per heavy atom. The number of Topliss-reactive ketones (excluding diaryl/α,β-unsaturated/α-hetero) is 2. The highest BCUT2D eigenvalue weighted by Gasteiger charge is 2.32. The molecule has 1 aliphatic rings. The number of carbonyl (C=O) groups excluding carboxylic acids is 2. The van der Waals surface area contributed by atoms with E-state index in [-0.39, 0.29) is 0 Å². The van der Waals surface area contributed by atoms with Gasteiger partial charge in [0.1, 0.15) is 0 Å². The van der Waals surface area contributed by atoms with Crippen molar-refractivity contribution in [1.29, 1.82) is 0 Å². The second-order valence-electron chi connectivity index (χ2n) is 6.84. The minimum Gasteiger partial charge on any atom is -0.493 e. The first kappa shape index (κ1) is 19.6. The molecule has 0 aromatic heterocycles. The van der Waals surface area contributed by atoms with E-state index in [4.69, 9.17) is 9.47 Å². The summed E-state index contributed by atoms with van der Waals surface area (Å²) in [6.07, 6.45) is 0. The van der Waals surface area contributed by atoms with Gasteiger partial charge < -0.3 is 19.7 Å². The number of carbonyl (C=O) groups is 2. The van der Waals surface area contributed by atoms with E-state index in [0.29, 0.717) is 41.4 Å². The smallest absolute Gasteiger partial charge is 0.233 e. The fraction of sp³-hybridized carbons (Fsp3) is 0.273. The summed E-state index contributed by atoms with van der Waals surface area (Å²) in [5.74, 6) is 0.383. The SMILES string of the molecule is COc1ccc(CNC2=C(CN(C)C)C(=O)C(=O)c3ccccc32)cc1OC. The molecule has 0 heterocycles. The van der Waals surface area contributed by atoms with Crippen molar-refractivity contribution >= 4 is 17.3 Å². The molecule has 0 unspecified atom stereocenters. The summed E-state index contributed by atoms with van der Waals surface area (Å²) in [5.41, 5.74) is 3.34. The molecule has 0 bridgehead atoms. The summed E-state index contributed by atoms with van der Waals surface area (Å²) < 4.78 is 10.6. The van der Waals surface area contributed by atoms with Gasteiger partial charge in [-0.3, -0.25) is 9.59 Å². The molecule has 0 saturated carbocycles. The quantitative estimate of drug-likeness (QED) is 0.745. The number of fused-ring (bicyclic) bond motifs is 1. The van der Waals surface area contributed by atoms with Gasteiger partial charge in [0.25, 0.3) is 0 Å². The summed E-state index contributed by atoms with van der Waals surface area (Å²) in [7, 11) is 6.93. The molecule has 0 aliphatic heterocycles. The van der Waals surface area contributed by atoms with Gasteiger partial charge in [-0.2, -0.15) is 0 Å². The maximum absolute atomic E-state index is 12.7. The normalized spacial score (nSPS) is 13.6. The number of benzene rings is 2. The molecule has 0 saturated heterocycles. The second kappa shape index (κ2) is 8.27. The molecule has 146 valence electrons. The topological polar surface area (TPSA) is 67.9 Å². The predicted molar refractivity (Wildman–Crippen MR) is 108 cm³/mol. The second-order valence-corrected chi connectivity index (χ2v) is 6.84. The van der Waals surface area contributed by atoms with Crippen LogP contribution < -0.4 is 14.8 Å². The molecule has 28 heavy (non-hydrogen) atoms. The van der Waals surface area contributed by atoms with Gasteiger partial charge in [-0.1, -0.05) is 30.3 Å². The molecule has 3 rings (SSSR count). The number of hydrogen-bond donors (Lipinski definition) is 1. The first-order valence-electron chi connectivity index (χ1n) is 8.97. The molecule has 0 spiro atoms. The van der Waals surface area contributed by atoms with Crippen molar-refractivity contribution < 1.29 is 19.1 Å². The fourth-order valence-electron chi connectivity index (χ4n) is 3.28. The van der Waals surface area contributed by atoms with Crippen molar-refractivity contribution in [2.45, 2.75) is 6.54 Å². The fourth-order valence-corrected chi connectivity index (χ4v) is 3.28. The third-order valence-electron chi connectivity index (χ3n) is 4.61. The van der Waals surface area contributed by atoms with Crippen LogP contribution in [-0.4, -0.2) is 51.3 Å². The van der Waals surface area contributed by atoms with Gasteiger partial charge in [-0.05, 0) is 31.8 Å². The Balaban J connectivity index is 1.98. The zero-order chi connectivity index (χ0) is 20.3. The zero-order valence-electron chi connectivity index (χ0n) is 16.5. The number of hydrogen-bond acceptors (Lipinski definition) is 6. The molecule has 2 aromatic carbocycles. The minimum absolute atomic E-state index is 0.382. The number of likely N-dealkylation sites (N-methyl/N-ethyl adjacent to an activating group) is 1. The summed E-state index contributed by atoms with van der Waals surface area (Å²) in [5, 5.41) is 3.37. The molecule has 0 atom stereocenters. The van der Waals surface area contributed by atoms with Crippen molar-refractivity contribution in [3.05, 3.63) is 64.7 Å². The van der Waals surface area contributed by atoms with Crippen LogP contribution in [0, 0.1) is 0 Å². The van der Waals surface area contributed by atoms with Crippen LogP contribution in [0.15, 0.2) is 48.0 Å². The first-order valence-corrected chi connectivity index (χ1v) is 8.97. The Hall–Kier alpha value is -3.12. The number of ether oxygens (including phenoxy) is 2. The van der Waals surface area contributed by atoms with Crippen molar-refractivity contribution in [2.75, 3.05) is 34.9 Å². The van der Waals surface area contributed by atoms with Gasteiger partial charge in [0, 0.05) is 29.8 Å².